The van der Waals surface area contributed by atoms with Crippen LogP contribution < -0.4 is 0 Å². The molecule has 3 aromatic carbocycles. The molecule has 1 aliphatic rings. The van der Waals surface area contributed by atoms with Crippen LogP contribution in [-0.2, 0) is 11.3 Å². The van der Waals surface area contributed by atoms with Gasteiger partial charge in [-0.25, -0.2) is 13.8 Å². The highest BCUT2D eigenvalue weighted by Crippen LogP contribution is 2.55. The number of alkyl halides is 2. The third-order valence-electron chi connectivity index (χ3n) is 6.36. The molecule has 142 valence electrons. The van der Waals surface area contributed by atoms with Crippen molar-refractivity contribution in [2.45, 2.75) is 25.2 Å². The maximum Gasteiger partial charge on any atom is 0.285 e. The lowest BCUT2D eigenvalue weighted by molar-refractivity contribution is -0.0756. The minimum atomic E-state index is -3.03. The van der Waals surface area contributed by atoms with E-state index < -0.39 is 11.3 Å². The first kappa shape index (κ1) is 16.7. The largest absolute Gasteiger partial charge is 0.294 e. The molecule has 0 saturated heterocycles. The van der Waals surface area contributed by atoms with Crippen LogP contribution in [-0.4, -0.2) is 9.38 Å². The average Bonchev–Trinajstić information content (AvgIpc) is 3.15. The lowest BCUT2D eigenvalue weighted by Gasteiger charge is -2.39. The summed E-state index contributed by atoms with van der Waals surface area (Å²) < 4.78 is 33.8. The first-order chi connectivity index (χ1) is 13.9. The van der Waals surface area contributed by atoms with Gasteiger partial charge < -0.3 is 0 Å². The summed E-state index contributed by atoms with van der Waals surface area (Å²) in [6.45, 7) is 3.25. The summed E-state index contributed by atoms with van der Waals surface area (Å²) in [5.41, 5.74) is 2.00. The predicted octanol–water partition coefficient (Wildman–Crippen LogP) is 6.69. The minimum Gasteiger partial charge on any atom is -0.294 e. The topological polar surface area (TPSA) is 17.3 Å². The van der Waals surface area contributed by atoms with E-state index in [0.717, 1.165) is 27.4 Å². The van der Waals surface area contributed by atoms with E-state index in [9.17, 15) is 0 Å². The normalized spacial score (nSPS) is 16.8. The maximum atomic E-state index is 15.9. The van der Waals surface area contributed by atoms with Gasteiger partial charge in [0, 0.05) is 21.9 Å². The molecule has 0 aliphatic carbocycles. The molecular weight excluding hydrogens is 366 g/mol. The van der Waals surface area contributed by atoms with Gasteiger partial charge in [0.05, 0.1) is 22.3 Å². The van der Waals surface area contributed by atoms with Gasteiger partial charge in [0.15, 0.2) is 0 Å². The summed E-state index contributed by atoms with van der Waals surface area (Å²) in [7, 11) is 0. The third-order valence-corrected chi connectivity index (χ3v) is 6.36. The number of halogens is 2. The van der Waals surface area contributed by atoms with Crippen molar-refractivity contribution >= 4 is 27.3 Å². The number of rotatable bonds is 1. The summed E-state index contributed by atoms with van der Waals surface area (Å²) in [6.07, 6.45) is 0. The first-order valence-corrected chi connectivity index (χ1v) is 9.73. The Hall–Kier alpha value is -3.27. The molecule has 1 aliphatic heterocycles. The Morgan fingerprint density at radius 2 is 1.41 bits per heavy atom. The van der Waals surface area contributed by atoms with Gasteiger partial charge in [-0.15, -0.1) is 0 Å². The Kier molecular flexibility index (Phi) is 2.99. The molecule has 0 fully saturated rings. The summed E-state index contributed by atoms with van der Waals surface area (Å²) in [5.74, 6) is -3.03. The van der Waals surface area contributed by atoms with E-state index in [1.807, 2.05) is 65.1 Å². The van der Waals surface area contributed by atoms with E-state index in [1.54, 1.807) is 26.0 Å². The lowest BCUT2D eigenvalue weighted by Crippen LogP contribution is -2.42. The molecule has 3 heterocycles. The fraction of sp³-hybridized carbons (Fsp3) is 0.160. The number of aromatic nitrogens is 2. The van der Waals surface area contributed by atoms with E-state index in [0.29, 0.717) is 16.9 Å². The highest BCUT2D eigenvalue weighted by Gasteiger charge is 2.55. The Labute approximate surface area is 166 Å². The van der Waals surface area contributed by atoms with Crippen molar-refractivity contribution in [3.05, 3.63) is 84.1 Å². The predicted molar refractivity (Wildman–Crippen MR) is 113 cm³/mol. The zero-order chi connectivity index (χ0) is 20.0. The van der Waals surface area contributed by atoms with Crippen LogP contribution >= 0.6 is 0 Å². The SMILES string of the molecule is CC1(C)c2c(-c3ccccc3)nc3c4ccccc4c4cccc(c4n23)C1(F)F. The monoisotopic (exact) mass is 384 g/mol. The molecule has 0 atom stereocenters. The van der Waals surface area contributed by atoms with Crippen LogP contribution in [0.4, 0.5) is 8.78 Å². The summed E-state index contributed by atoms with van der Waals surface area (Å²) >= 11 is 0. The highest BCUT2D eigenvalue weighted by atomic mass is 19.3. The van der Waals surface area contributed by atoms with E-state index in [1.165, 1.54) is 0 Å². The molecule has 0 saturated carbocycles. The van der Waals surface area contributed by atoms with E-state index in [2.05, 4.69) is 0 Å². The number of fused-ring (bicyclic) bond motifs is 3. The van der Waals surface area contributed by atoms with Crippen molar-refractivity contribution in [2.75, 3.05) is 0 Å². The fourth-order valence-electron chi connectivity index (χ4n) is 4.85. The van der Waals surface area contributed by atoms with Crippen LogP contribution in [0.3, 0.4) is 0 Å². The molecule has 0 N–H and O–H groups in total. The third kappa shape index (κ3) is 1.87. The Morgan fingerprint density at radius 3 is 2.17 bits per heavy atom. The Morgan fingerprint density at radius 1 is 0.759 bits per heavy atom. The first-order valence-electron chi connectivity index (χ1n) is 9.73. The van der Waals surface area contributed by atoms with Crippen molar-refractivity contribution in [2.24, 2.45) is 0 Å². The Bertz CT molecular complexity index is 1450. The second-order valence-electron chi connectivity index (χ2n) is 8.28. The van der Waals surface area contributed by atoms with Gasteiger partial charge in [-0.3, -0.25) is 4.40 Å². The van der Waals surface area contributed by atoms with Crippen molar-refractivity contribution in [1.29, 1.82) is 0 Å². The second-order valence-corrected chi connectivity index (χ2v) is 8.28. The van der Waals surface area contributed by atoms with Gasteiger partial charge in [-0.1, -0.05) is 72.8 Å². The molecule has 4 heteroatoms. The smallest absolute Gasteiger partial charge is 0.285 e. The van der Waals surface area contributed by atoms with Crippen LogP contribution in [0.15, 0.2) is 72.8 Å². The summed E-state index contributed by atoms with van der Waals surface area (Å²) in [5, 5.41) is 2.75. The van der Waals surface area contributed by atoms with Crippen LogP contribution in [0.5, 0.6) is 0 Å². The molecule has 0 unspecified atom stereocenters. The molecule has 29 heavy (non-hydrogen) atoms. The van der Waals surface area contributed by atoms with Gasteiger partial charge in [0.1, 0.15) is 5.65 Å². The molecule has 5 aromatic rings. The molecule has 2 aromatic heterocycles. The quantitative estimate of drug-likeness (QED) is 0.294. The van der Waals surface area contributed by atoms with Gasteiger partial charge in [-0.2, -0.15) is 0 Å². The number of benzene rings is 3. The van der Waals surface area contributed by atoms with Gasteiger partial charge in [-0.05, 0) is 19.2 Å². The van der Waals surface area contributed by atoms with Crippen molar-refractivity contribution in [3.63, 3.8) is 0 Å². The summed E-state index contributed by atoms with van der Waals surface area (Å²) in [4.78, 5) is 4.96. The van der Waals surface area contributed by atoms with Crippen molar-refractivity contribution in [3.8, 4) is 11.3 Å². The zero-order valence-electron chi connectivity index (χ0n) is 16.1. The Balaban J connectivity index is 1.97. The van der Waals surface area contributed by atoms with E-state index >= 15 is 8.78 Å². The highest BCUT2D eigenvalue weighted by molar-refractivity contribution is 6.13. The van der Waals surface area contributed by atoms with Crippen LogP contribution in [0.25, 0.3) is 38.6 Å². The number of imidazole rings is 1. The molecule has 0 radical (unpaired) electrons. The zero-order valence-corrected chi connectivity index (χ0v) is 16.1. The van der Waals surface area contributed by atoms with E-state index in [-0.39, 0.29) is 5.56 Å². The molecular formula is C25H18F2N2. The number of hydrogen-bond donors (Lipinski definition) is 0. The van der Waals surface area contributed by atoms with Crippen LogP contribution in [0, 0.1) is 0 Å². The van der Waals surface area contributed by atoms with E-state index in [4.69, 9.17) is 4.98 Å². The second kappa shape index (κ2) is 5.20. The molecule has 0 amide bonds. The van der Waals surface area contributed by atoms with Crippen LogP contribution in [0.1, 0.15) is 25.1 Å². The maximum absolute atomic E-state index is 15.9. The number of nitrogens with zero attached hydrogens (tertiary/aromatic N) is 2. The van der Waals surface area contributed by atoms with Gasteiger partial charge in [0.2, 0.25) is 0 Å². The number of para-hydroxylation sites is 1. The number of pyridine rings is 1. The number of hydrogen-bond acceptors (Lipinski definition) is 1. The van der Waals surface area contributed by atoms with Gasteiger partial charge >= 0.3 is 0 Å². The van der Waals surface area contributed by atoms with Gasteiger partial charge in [0.25, 0.3) is 5.92 Å². The van der Waals surface area contributed by atoms with Crippen molar-refractivity contribution in [1.82, 2.24) is 9.38 Å². The van der Waals surface area contributed by atoms with Crippen molar-refractivity contribution < 1.29 is 8.78 Å². The molecule has 0 bridgehead atoms. The molecule has 6 rings (SSSR count). The fourth-order valence-corrected chi connectivity index (χ4v) is 4.85. The molecule has 2 nitrogen and oxygen atoms in total. The minimum absolute atomic E-state index is 0.0697. The molecule has 0 spiro atoms. The average molecular weight is 384 g/mol. The standard InChI is InChI=1S/C25H18F2N2/c1-24(2)22-20(15-9-4-3-5-10-15)28-23-18-12-7-6-11-16(18)17-13-8-14-19(25(24,26)27)21(17)29(22)23/h3-14H,1-2H3. The van der Waals surface area contributed by atoms with Crippen LogP contribution in [0.2, 0.25) is 0 Å². The lowest BCUT2D eigenvalue weighted by atomic mass is 9.74. The summed E-state index contributed by atoms with van der Waals surface area (Å²) in [6, 6.07) is 22.8.